The van der Waals surface area contributed by atoms with Gasteiger partial charge in [-0.1, -0.05) is 43.3 Å². The maximum atomic E-state index is 13.8. The van der Waals surface area contributed by atoms with Gasteiger partial charge in [0.15, 0.2) is 0 Å². The molecular formula is C18H19FO. The first kappa shape index (κ1) is 13.3. The van der Waals surface area contributed by atoms with Gasteiger partial charge in [-0.15, -0.1) is 0 Å². The van der Waals surface area contributed by atoms with Crippen molar-refractivity contribution >= 4 is 0 Å². The second-order valence-corrected chi connectivity index (χ2v) is 5.64. The van der Waals surface area contributed by atoms with E-state index in [-0.39, 0.29) is 5.82 Å². The second-order valence-electron chi connectivity index (χ2n) is 5.64. The molecule has 0 aliphatic heterocycles. The summed E-state index contributed by atoms with van der Waals surface area (Å²) in [4.78, 5) is 0. The molecule has 1 unspecified atom stereocenters. The predicted molar refractivity (Wildman–Crippen MR) is 78.1 cm³/mol. The SMILES string of the molecule is CCc1ccc(CC2(O)CCc3c(F)cccc32)cc1. The molecule has 0 amide bonds. The lowest BCUT2D eigenvalue weighted by Gasteiger charge is -2.24. The highest BCUT2D eigenvalue weighted by Gasteiger charge is 2.37. The highest BCUT2D eigenvalue weighted by molar-refractivity contribution is 5.40. The van der Waals surface area contributed by atoms with E-state index in [2.05, 4.69) is 31.2 Å². The zero-order valence-electron chi connectivity index (χ0n) is 11.7. The van der Waals surface area contributed by atoms with Crippen molar-refractivity contribution in [2.45, 2.75) is 38.2 Å². The van der Waals surface area contributed by atoms with Crippen LogP contribution in [0.2, 0.25) is 0 Å². The van der Waals surface area contributed by atoms with E-state index in [1.165, 1.54) is 11.6 Å². The van der Waals surface area contributed by atoms with Crippen molar-refractivity contribution in [3.63, 3.8) is 0 Å². The number of halogens is 1. The number of aliphatic hydroxyl groups is 1. The van der Waals surface area contributed by atoms with Crippen LogP contribution >= 0.6 is 0 Å². The summed E-state index contributed by atoms with van der Waals surface area (Å²) in [6.07, 6.45) is 2.77. The lowest BCUT2D eigenvalue weighted by Crippen LogP contribution is -2.25. The van der Waals surface area contributed by atoms with Gasteiger partial charge in [0.25, 0.3) is 0 Å². The zero-order chi connectivity index (χ0) is 14.2. The molecule has 2 aromatic rings. The fraction of sp³-hybridized carbons (Fsp3) is 0.333. The lowest BCUT2D eigenvalue weighted by atomic mass is 9.88. The third kappa shape index (κ3) is 2.25. The Morgan fingerprint density at radius 3 is 2.50 bits per heavy atom. The van der Waals surface area contributed by atoms with E-state index in [4.69, 9.17) is 0 Å². The minimum absolute atomic E-state index is 0.195. The van der Waals surface area contributed by atoms with Gasteiger partial charge in [-0.3, -0.25) is 0 Å². The Balaban J connectivity index is 1.89. The van der Waals surface area contributed by atoms with Gasteiger partial charge in [-0.25, -0.2) is 4.39 Å². The second kappa shape index (κ2) is 5.02. The van der Waals surface area contributed by atoms with E-state index in [1.807, 2.05) is 6.07 Å². The molecule has 1 atom stereocenters. The molecule has 1 N–H and O–H groups in total. The summed E-state index contributed by atoms with van der Waals surface area (Å²) in [5.41, 5.74) is 2.91. The summed E-state index contributed by atoms with van der Waals surface area (Å²) in [7, 11) is 0. The van der Waals surface area contributed by atoms with Gasteiger partial charge in [0, 0.05) is 6.42 Å². The first-order valence-electron chi connectivity index (χ1n) is 7.20. The highest BCUT2D eigenvalue weighted by Crippen LogP contribution is 2.40. The minimum atomic E-state index is -0.925. The van der Waals surface area contributed by atoms with E-state index in [9.17, 15) is 9.50 Å². The van der Waals surface area contributed by atoms with Crippen LogP contribution in [0.4, 0.5) is 4.39 Å². The molecule has 104 valence electrons. The van der Waals surface area contributed by atoms with Crippen LogP contribution in [0.1, 0.15) is 35.6 Å². The van der Waals surface area contributed by atoms with Crippen LogP contribution in [0.5, 0.6) is 0 Å². The standard InChI is InChI=1S/C18H19FO/c1-2-13-6-8-14(9-7-13)12-18(20)11-10-15-16(18)4-3-5-17(15)19/h3-9,20H,2,10-12H2,1H3. The predicted octanol–water partition coefficient (Wildman–Crippen LogP) is 3.76. The van der Waals surface area contributed by atoms with E-state index >= 15 is 0 Å². The summed E-state index contributed by atoms with van der Waals surface area (Å²) in [5, 5.41) is 10.9. The van der Waals surface area contributed by atoms with Gasteiger partial charge in [-0.05, 0) is 47.6 Å². The van der Waals surface area contributed by atoms with Crippen molar-refractivity contribution in [2.75, 3.05) is 0 Å². The molecule has 2 aromatic carbocycles. The van der Waals surface area contributed by atoms with Crippen LogP contribution in [0.25, 0.3) is 0 Å². The van der Waals surface area contributed by atoms with Crippen LogP contribution in [0.15, 0.2) is 42.5 Å². The van der Waals surface area contributed by atoms with Gasteiger partial charge in [0.05, 0.1) is 5.60 Å². The molecule has 2 heteroatoms. The molecule has 0 heterocycles. The molecule has 20 heavy (non-hydrogen) atoms. The van der Waals surface area contributed by atoms with Gasteiger partial charge in [-0.2, -0.15) is 0 Å². The topological polar surface area (TPSA) is 20.2 Å². The number of benzene rings is 2. The molecule has 0 saturated carbocycles. The largest absolute Gasteiger partial charge is 0.385 e. The van der Waals surface area contributed by atoms with Crippen LogP contribution in [0, 0.1) is 5.82 Å². The quantitative estimate of drug-likeness (QED) is 0.900. The maximum absolute atomic E-state index is 13.8. The van der Waals surface area contributed by atoms with E-state index < -0.39 is 5.60 Å². The lowest BCUT2D eigenvalue weighted by molar-refractivity contribution is 0.0389. The van der Waals surface area contributed by atoms with Gasteiger partial charge in [0.1, 0.15) is 5.82 Å². The molecule has 1 aliphatic rings. The fourth-order valence-corrected chi connectivity index (χ4v) is 3.13. The Kier molecular flexibility index (Phi) is 3.35. The van der Waals surface area contributed by atoms with Crippen molar-refractivity contribution in [2.24, 2.45) is 0 Å². The van der Waals surface area contributed by atoms with Crippen LogP contribution < -0.4 is 0 Å². The Bertz CT molecular complexity index is 618. The van der Waals surface area contributed by atoms with Gasteiger partial charge in [0.2, 0.25) is 0 Å². The van der Waals surface area contributed by atoms with Crippen molar-refractivity contribution < 1.29 is 9.50 Å². The molecule has 0 radical (unpaired) electrons. The first-order chi connectivity index (χ1) is 9.62. The number of hydrogen-bond acceptors (Lipinski definition) is 1. The van der Waals surface area contributed by atoms with E-state index in [1.54, 1.807) is 6.07 Å². The fourth-order valence-electron chi connectivity index (χ4n) is 3.13. The van der Waals surface area contributed by atoms with E-state index in [0.717, 1.165) is 17.5 Å². The Morgan fingerprint density at radius 1 is 1.10 bits per heavy atom. The number of hydrogen-bond donors (Lipinski definition) is 1. The molecule has 3 rings (SSSR count). The molecule has 0 spiro atoms. The zero-order valence-corrected chi connectivity index (χ0v) is 11.7. The summed E-state index contributed by atoms with van der Waals surface area (Å²) >= 11 is 0. The summed E-state index contributed by atoms with van der Waals surface area (Å²) in [6, 6.07) is 13.3. The van der Waals surface area contributed by atoms with Crippen LogP contribution in [-0.2, 0) is 24.9 Å². The monoisotopic (exact) mass is 270 g/mol. The average Bonchev–Trinajstić information content (AvgIpc) is 2.79. The summed E-state index contributed by atoms with van der Waals surface area (Å²) in [5.74, 6) is -0.195. The minimum Gasteiger partial charge on any atom is -0.385 e. The maximum Gasteiger partial charge on any atom is 0.126 e. The first-order valence-corrected chi connectivity index (χ1v) is 7.20. The van der Waals surface area contributed by atoms with Crippen molar-refractivity contribution in [3.05, 3.63) is 70.5 Å². The average molecular weight is 270 g/mol. The molecule has 0 bridgehead atoms. The molecule has 0 aromatic heterocycles. The van der Waals surface area contributed by atoms with Crippen molar-refractivity contribution in [1.29, 1.82) is 0 Å². The Labute approximate surface area is 119 Å². The third-order valence-corrected chi connectivity index (χ3v) is 4.34. The van der Waals surface area contributed by atoms with Gasteiger partial charge >= 0.3 is 0 Å². The molecule has 0 fully saturated rings. The highest BCUT2D eigenvalue weighted by atomic mass is 19.1. The normalized spacial score (nSPS) is 20.9. The van der Waals surface area contributed by atoms with Crippen LogP contribution in [0.3, 0.4) is 0 Å². The van der Waals surface area contributed by atoms with Gasteiger partial charge < -0.3 is 5.11 Å². The molecular weight excluding hydrogens is 251 g/mol. The number of aryl methyl sites for hydroxylation is 1. The third-order valence-electron chi connectivity index (χ3n) is 4.34. The number of rotatable bonds is 3. The smallest absolute Gasteiger partial charge is 0.126 e. The molecule has 1 nitrogen and oxygen atoms in total. The Morgan fingerprint density at radius 2 is 1.80 bits per heavy atom. The van der Waals surface area contributed by atoms with E-state index in [0.29, 0.717) is 24.8 Å². The summed E-state index contributed by atoms with van der Waals surface area (Å²) < 4.78 is 13.8. The summed E-state index contributed by atoms with van der Waals surface area (Å²) in [6.45, 7) is 2.12. The molecule has 0 saturated heterocycles. The van der Waals surface area contributed by atoms with Crippen molar-refractivity contribution in [3.8, 4) is 0 Å². The van der Waals surface area contributed by atoms with Crippen molar-refractivity contribution in [1.82, 2.24) is 0 Å². The van der Waals surface area contributed by atoms with Crippen LogP contribution in [-0.4, -0.2) is 5.11 Å². The Hall–Kier alpha value is -1.67. The molecule has 1 aliphatic carbocycles. The number of fused-ring (bicyclic) bond motifs is 1.